The molecule has 11 heteroatoms. The summed E-state index contributed by atoms with van der Waals surface area (Å²) < 4.78 is 39.1. The second kappa shape index (κ2) is 9.07. The third kappa shape index (κ3) is 5.20. The molecule has 0 aliphatic rings. The van der Waals surface area contributed by atoms with Gasteiger partial charge in [0.2, 0.25) is 10.0 Å². The highest BCUT2D eigenvalue weighted by Gasteiger charge is 2.17. The highest BCUT2D eigenvalue weighted by Crippen LogP contribution is 2.22. The van der Waals surface area contributed by atoms with Gasteiger partial charge in [0.25, 0.3) is 0 Å². The zero-order valence-corrected chi connectivity index (χ0v) is 20.8. The van der Waals surface area contributed by atoms with E-state index < -0.39 is 19.5 Å². The largest absolute Gasteiger partial charge is 0.378 e. The van der Waals surface area contributed by atoms with Crippen LogP contribution in [0.5, 0.6) is 0 Å². The predicted molar refractivity (Wildman–Crippen MR) is 136 cm³/mol. The first-order chi connectivity index (χ1) is 16.0. The Kier molecular flexibility index (Phi) is 6.32. The molecular weight excluding hydrogens is 472 g/mol. The molecule has 0 saturated carbocycles. The number of nitrogens with zero attached hydrogens (tertiary/aromatic N) is 5. The van der Waals surface area contributed by atoms with Crippen LogP contribution in [0.15, 0.2) is 65.8 Å². The van der Waals surface area contributed by atoms with E-state index in [4.69, 9.17) is 0 Å². The van der Waals surface area contributed by atoms with Crippen molar-refractivity contribution in [3.05, 3.63) is 77.9 Å². The summed E-state index contributed by atoms with van der Waals surface area (Å²) in [6.07, 6.45) is 6.62. The minimum absolute atomic E-state index is 0.349. The molecule has 0 bridgehead atoms. The highest BCUT2D eigenvalue weighted by molar-refractivity contribution is 7.99. The van der Waals surface area contributed by atoms with E-state index in [9.17, 15) is 12.6 Å². The summed E-state index contributed by atoms with van der Waals surface area (Å²) in [4.78, 5) is 9.63. The summed E-state index contributed by atoms with van der Waals surface area (Å²) >= 11 is 0. The molecule has 0 fully saturated rings. The average Bonchev–Trinajstić information content (AvgIpc) is 3.19. The number of fused-ring (bicyclic) bond motifs is 1. The summed E-state index contributed by atoms with van der Waals surface area (Å²) in [5.74, 6) is 4.74. The van der Waals surface area contributed by atoms with Crippen molar-refractivity contribution in [3.63, 3.8) is 0 Å². The van der Waals surface area contributed by atoms with Crippen molar-refractivity contribution in [1.82, 2.24) is 19.6 Å². The van der Waals surface area contributed by atoms with Gasteiger partial charge in [-0.2, -0.15) is 5.10 Å². The Labute approximate surface area is 199 Å². The number of aromatic nitrogens is 4. The fourth-order valence-corrected chi connectivity index (χ4v) is 4.71. The fourth-order valence-electron chi connectivity index (χ4n) is 3.47. The predicted octanol–water partition coefficient (Wildman–Crippen LogP) is 2.43. The van der Waals surface area contributed by atoms with E-state index in [1.807, 2.05) is 48.7 Å². The Morgan fingerprint density at radius 3 is 2.62 bits per heavy atom. The number of anilines is 2. The molecular formula is C23H26N6O3S2. The van der Waals surface area contributed by atoms with Gasteiger partial charge < -0.3 is 5.32 Å². The number of sulfonamides is 1. The van der Waals surface area contributed by atoms with Gasteiger partial charge in [-0.25, -0.2) is 22.9 Å². The molecule has 9 nitrogen and oxygen atoms in total. The average molecular weight is 499 g/mol. The van der Waals surface area contributed by atoms with Gasteiger partial charge in [-0.05, 0) is 51.3 Å². The van der Waals surface area contributed by atoms with Crippen molar-refractivity contribution in [2.75, 3.05) is 29.2 Å². The number of benzene rings is 1. The van der Waals surface area contributed by atoms with Crippen LogP contribution >= 0.6 is 0 Å². The van der Waals surface area contributed by atoms with Gasteiger partial charge in [0.1, 0.15) is 5.82 Å². The molecule has 4 aromatic rings. The number of nitrogens with one attached hydrogen (secondary N) is 1. The van der Waals surface area contributed by atoms with Gasteiger partial charge in [-0.3, -0.25) is 8.51 Å². The first-order valence-electron chi connectivity index (χ1n) is 10.4. The van der Waals surface area contributed by atoms with Gasteiger partial charge in [0.15, 0.2) is 11.5 Å². The summed E-state index contributed by atoms with van der Waals surface area (Å²) in [5, 5.41) is 7.90. The summed E-state index contributed by atoms with van der Waals surface area (Å²) in [6.45, 7) is 0.349. The van der Waals surface area contributed by atoms with Gasteiger partial charge in [-0.15, -0.1) is 0 Å². The first-order valence-corrected chi connectivity index (χ1v) is 14.4. The quantitative estimate of drug-likeness (QED) is 0.372. The van der Waals surface area contributed by atoms with Gasteiger partial charge >= 0.3 is 0 Å². The number of rotatable bonds is 8. The molecule has 0 amide bonds. The lowest BCUT2D eigenvalue weighted by Gasteiger charge is -2.19. The lowest BCUT2D eigenvalue weighted by atomic mass is 10.1. The smallest absolute Gasteiger partial charge is 0.233 e. The third-order valence-corrected chi connectivity index (χ3v) is 7.72. The van der Waals surface area contributed by atoms with E-state index in [0.29, 0.717) is 35.2 Å². The summed E-state index contributed by atoms with van der Waals surface area (Å²) in [7, 11) is -4.26. The van der Waals surface area contributed by atoms with Crippen LogP contribution in [0, 0.1) is 0 Å². The van der Waals surface area contributed by atoms with E-state index in [-0.39, 0.29) is 0 Å². The molecule has 178 valence electrons. The minimum Gasteiger partial charge on any atom is -0.378 e. The number of hydrogen-bond acceptors (Lipinski definition) is 7. The second-order valence-electron chi connectivity index (χ2n) is 8.12. The van der Waals surface area contributed by atoms with Crippen molar-refractivity contribution in [3.8, 4) is 0 Å². The third-order valence-electron chi connectivity index (χ3n) is 5.30. The fraction of sp³-hybridized carbons (Fsp3) is 0.217. The van der Waals surface area contributed by atoms with E-state index in [1.165, 1.54) is 7.05 Å². The molecule has 34 heavy (non-hydrogen) atoms. The maximum atomic E-state index is 12.3. The maximum absolute atomic E-state index is 12.3. The van der Waals surface area contributed by atoms with Crippen LogP contribution in [-0.4, -0.2) is 57.6 Å². The molecule has 1 aromatic carbocycles. The van der Waals surface area contributed by atoms with Crippen molar-refractivity contribution in [1.29, 1.82) is 0 Å². The summed E-state index contributed by atoms with van der Waals surface area (Å²) in [5.41, 5.74) is 3.07. The van der Waals surface area contributed by atoms with Crippen molar-refractivity contribution in [2.45, 2.75) is 17.9 Å². The van der Waals surface area contributed by atoms with Crippen molar-refractivity contribution in [2.24, 2.45) is 0 Å². The molecule has 0 saturated heterocycles. The standard InChI is InChI=1S/C23H26N6O3S2/c1-28(34(4,31)32)22-18(9-6-12-24-22)16-25-20-11-7-13-29-23(20)26-21(27-29)15-17-8-5-10-19(14-17)33(2,3)30/h5-14,25H,2,15-16H2,1,3-4H3. The number of pyridine rings is 2. The lowest BCUT2D eigenvalue weighted by molar-refractivity contribution is 0.599. The molecule has 1 N–H and O–H groups in total. The normalized spacial score (nSPS) is 13.5. The van der Waals surface area contributed by atoms with Crippen molar-refractivity contribution >= 4 is 42.6 Å². The Hall–Kier alpha value is -3.44. The van der Waals surface area contributed by atoms with Crippen molar-refractivity contribution < 1.29 is 12.6 Å². The zero-order valence-electron chi connectivity index (χ0n) is 19.2. The van der Waals surface area contributed by atoms with E-state index in [0.717, 1.165) is 27.4 Å². The minimum atomic E-state index is -3.44. The van der Waals surface area contributed by atoms with Crippen LogP contribution in [0.3, 0.4) is 0 Å². The van der Waals surface area contributed by atoms with E-state index >= 15 is 0 Å². The molecule has 0 radical (unpaired) electrons. The van der Waals surface area contributed by atoms with Crippen LogP contribution in [0.2, 0.25) is 0 Å². The molecule has 3 heterocycles. The Morgan fingerprint density at radius 2 is 1.88 bits per heavy atom. The molecule has 4 rings (SSSR count). The lowest BCUT2D eigenvalue weighted by Crippen LogP contribution is -2.27. The first kappa shape index (κ1) is 23.7. The van der Waals surface area contributed by atoms with Crippen LogP contribution < -0.4 is 9.62 Å². The summed E-state index contributed by atoms with van der Waals surface area (Å²) in [6, 6.07) is 14.8. The second-order valence-corrected chi connectivity index (χ2v) is 12.6. The monoisotopic (exact) mass is 498 g/mol. The van der Waals surface area contributed by atoms with E-state index in [1.54, 1.807) is 23.0 Å². The molecule has 0 aliphatic carbocycles. The van der Waals surface area contributed by atoms with E-state index in [2.05, 4.69) is 26.3 Å². The molecule has 0 aliphatic heterocycles. The van der Waals surface area contributed by atoms with Gasteiger partial charge in [0, 0.05) is 49.1 Å². The molecule has 3 aromatic heterocycles. The molecule has 1 atom stereocenters. The SMILES string of the molecule is C=S(C)(=O)c1cccc(Cc2nc3c(NCc4cccnc4N(C)S(C)(=O)=O)cccn3n2)c1. The van der Waals surface area contributed by atoms with Gasteiger partial charge in [-0.1, -0.05) is 18.2 Å². The number of hydrogen-bond donors (Lipinski definition) is 1. The Morgan fingerprint density at radius 1 is 1.09 bits per heavy atom. The van der Waals surface area contributed by atoms with Crippen LogP contribution in [0.25, 0.3) is 5.65 Å². The van der Waals surface area contributed by atoms with Crippen LogP contribution in [-0.2, 0) is 32.5 Å². The topological polar surface area (TPSA) is 110 Å². The molecule has 0 spiro atoms. The zero-order chi connectivity index (χ0) is 24.5. The van der Waals surface area contributed by atoms with Crippen LogP contribution in [0.1, 0.15) is 17.0 Å². The highest BCUT2D eigenvalue weighted by atomic mass is 32.2. The maximum Gasteiger partial charge on any atom is 0.233 e. The Bertz CT molecular complexity index is 1560. The molecule has 1 unspecified atom stereocenters. The Balaban J connectivity index is 1.59. The van der Waals surface area contributed by atoms with Gasteiger partial charge in [0.05, 0.1) is 11.9 Å². The van der Waals surface area contributed by atoms with Crippen LogP contribution in [0.4, 0.5) is 11.5 Å².